The Morgan fingerprint density at radius 3 is 2.24 bits per heavy atom. The predicted molar refractivity (Wildman–Crippen MR) is 73.4 cm³/mol. The maximum Gasteiger partial charge on any atom is 0.302 e. The number of hydrogen-bond donors (Lipinski definition) is 0. The Labute approximate surface area is 110 Å². The van der Waals surface area contributed by atoms with Gasteiger partial charge in [0.2, 0.25) is 0 Å². The number of allylic oxidation sites excluding steroid dienone is 2. The monoisotopic (exact) mass is 260 g/mol. The van der Waals surface area contributed by atoms with Crippen LogP contribution in [0.2, 0.25) is 0 Å². The second kappa shape index (κ2) is 13.6. The van der Waals surface area contributed by atoms with Crippen LogP contribution in [-0.2, 0) is 9.53 Å². The van der Waals surface area contributed by atoms with Crippen molar-refractivity contribution < 1.29 is 9.53 Å². The first kappa shape index (κ1) is 16.5. The molecule has 0 aliphatic heterocycles. The van der Waals surface area contributed by atoms with E-state index in [-0.39, 0.29) is 5.97 Å². The molecule has 0 saturated heterocycles. The van der Waals surface area contributed by atoms with Gasteiger partial charge in [0, 0.05) is 12.8 Å². The number of unbranched alkanes of at least 4 members (excludes halogenated alkanes) is 6. The normalized spacial score (nSPS) is 10.9. The summed E-state index contributed by atoms with van der Waals surface area (Å²) < 4.78 is 4.87. The summed E-state index contributed by atoms with van der Waals surface area (Å²) >= 11 is 5.56. The quantitative estimate of drug-likeness (QED) is 0.237. The fourth-order valence-electron chi connectivity index (χ4n) is 1.59. The summed E-state index contributed by atoms with van der Waals surface area (Å²) in [7, 11) is 0. The minimum absolute atomic E-state index is 0.172. The maximum absolute atomic E-state index is 10.5. The average Bonchev–Trinajstić information content (AvgIpc) is 2.30. The maximum atomic E-state index is 10.5. The van der Waals surface area contributed by atoms with Gasteiger partial charge in [0.05, 0.1) is 6.61 Å². The van der Waals surface area contributed by atoms with Gasteiger partial charge in [-0.15, -0.1) is 11.6 Å². The molecule has 0 radical (unpaired) electrons. The highest BCUT2D eigenvalue weighted by molar-refractivity contribution is 6.17. The zero-order chi connectivity index (χ0) is 12.8. The van der Waals surface area contributed by atoms with Crippen LogP contribution < -0.4 is 0 Å². The molecule has 0 aromatic heterocycles. The Balaban J connectivity index is 3.01. The number of halogens is 1. The molecule has 3 heteroatoms. The topological polar surface area (TPSA) is 26.3 Å². The van der Waals surface area contributed by atoms with Crippen molar-refractivity contribution in [2.45, 2.75) is 58.3 Å². The lowest BCUT2D eigenvalue weighted by Crippen LogP contribution is -1.99. The predicted octanol–water partition coefficient (Wildman–Crippen LogP) is 4.47. The van der Waals surface area contributed by atoms with E-state index in [4.69, 9.17) is 16.3 Å². The molecule has 0 aromatic rings. The second-order valence-electron chi connectivity index (χ2n) is 4.20. The van der Waals surface area contributed by atoms with E-state index in [1.807, 2.05) is 0 Å². The number of ether oxygens (including phenoxy) is 1. The summed E-state index contributed by atoms with van der Waals surface area (Å²) in [5.74, 6) is 0.549. The molecule has 0 saturated carbocycles. The number of esters is 1. The molecular weight excluding hydrogens is 236 g/mol. The standard InChI is InChI=1S/C14H25ClO2/c1-14(16)17-13-11-9-7-5-3-2-4-6-8-10-12-15/h6,8H,2-5,7,9-13H2,1H3/b8-6+. The van der Waals surface area contributed by atoms with Gasteiger partial charge in [-0.05, 0) is 25.7 Å². The summed E-state index contributed by atoms with van der Waals surface area (Å²) in [4.78, 5) is 10.5. The number of carbonyl (C=O) groups excluding carboxylic acids is 1. The Hall–Kier alpha value is -0.500. The zero-order valence-corrected chi connectivity index (χ0v) is 11.7. The molecule has 0 spiro atoms. The van der Waals surface area contributed by atoms with Gasteiger partial charge in [-0.25, -0.2) is 0 Å². The van der Waals surface area contributed by atoms with Crippen molar-refractivity contribution in [2.24, 2.45) is 0 Å². The Morgan fingerprint density at radius 1 is 1.00 bits per heavy atom. The number of hydrogen-bond acceptors (Lipinski definition) is 2. The number of rotatable bonds is 11. The molecule has 2 nitrogen and oxygen atoms in total. The largest absolute Gasteiger partial charge is 0.466 e. The lowest BCUT2D eigenvalue weighted by Gasteiger charge is -2.01. The third-order valence-corrected chi connectivity index (χ3v) is 2.73. The molecule has 0 unspecified atom stereocenters. The van der Waals surface area contributed by atoms with Crippen LogP contribution in [0.1, 0.15) is 58.3 Å². The molecule has 0 bridgehead atoms. The minimum Gasteiger partial charge on any atom is -0.466 e. The lowest BCUT2D eigenvalue weighted by molar-refractivity contribution is -0.141. The molecule has 0 N–H and O–H groups in total. The van der Waals surface area contributed by atoms with Crippen LogP contribution in [0.3, 0.4) is 0 Å². The fraction of sp³-hybridized carbons (Fsp3) is 0.786. The van der Waals surface area contributed by atoms with E-state index in [9.17, 15) is 4.79 Å². The SMILES string of the molecule is CC(=O)OCCCCCCCC/C=C/CCCl. The first-order valence-corrected chi connectivity index (χ1v) is 7.15. The van der Waals surface area contributed by atoms with Crippen LogP contribution in [0.5, 0.6) is 0 Å². The Morgan fingerprint density at radius 2 is 1.59 bits per heavy atom. The first-order chi connectivity index (χ1) is 8.27. The fourth-order valence-corrected chi connectivity index (χ4v) is 1.71. The van der Waals surface area contributed by atoms with Gasteiger partial charge in [0.15, 0.2) is 0 Å². The van der Waals surface area contributed by atoms with Crippen LogP contribution in [0, 0.1) is 0 Å². The van der Waals surface area contributed by atoms with Crippen LogP contribution in [-0.4, -0.2) is 18.5 Å². The molecular formula is C14H25ClO2. The van der Waals surface area contributed by atoms with E-state index >= 15 is 0 Å². The summed E-state index contributed by atoms with van der Waals surface area (Å²) in [5.41, 5.74) is 0. The van der Waals surface area contributed by atoms with Crippen molar-refractivity contribution in [1.82, 2.24) is 0 Å². The third-order valence-electron chi connectivity index (χ3n) is 2.51. The van der Waals surface area contributed by atoms with Crippen LogP contribution in [0.25, 0.3) is 0 Å². The van der Waals surface area contributed by atoms with Crippen molar-refractivity contribution in [1.29, 1.82) is 0 Å². The molecule has 17 heavy (non-hydrogen) atoms. The molecule has 0 aromatic carbocycles. The number of alkyl halides is 1. The summed E-state index contributed by atoms with van der Waals surface area (Å²) in [6, 6.07) is 0. The van der Waals surface area contributed by atoms with Crippen LogP contribution in [0.15, 0.2) is 12.2 Å². The van der Waals surface area contributed by atoms with Crippen LogP contribution in [0.4, 0.5) is 0 Å². The molecule has 0 amide bonds. The van der Waals surface area contributed by atoms with Crippen LogP contribution >= 0.6 is 11.6 Å². The van der Waals surface area contributed by atoms with Gasteiger partial charge < -0.3 is 4.74 Å². The van der Waals surface area contributed by atoms with E-state index in [1.54, 1.807) is 0 Å². The molecule has 0 aliphatic carbocycles. The molecule has 0 heterocycles. The van der Waals surface area contributed by atoms with Crippen molar-refractivity contribution in [3.8, 4) is 0 Å². The lowest BCUT2D eigenvalue weighted by atomic mass is 10.1. The average molecular weight is 261 g/mol. The van der Waals surface area contributed by atoms with Gasteiger partial charge in [-0.3, -0.25) is 4.79 Å². The number of carbonyl (C=O) groups is 1. The minimum atomic E-state index is -0.172. The van der Waals surface area contributed by atoms with Crippen molar-refractivity contribution >= 4 is 17.6 Å². The van der Waals surface area contributed by atoms with Gasteiger partial charge in [-0.1, -0.05) is 37.8 Å². The Kier molecular flexibility index (Phi) is 13.2. The van der Waals surface area contributed by atoms with E-state index < -0.39 is 0 Å². The highest BCUT2D eigenvalue weighted by Gasteiger charge is 1.93. The van der Waals surface area contributed by atoms with Gasteiger partial charge in [-0.2, -0.15) is 0 Å². The van der Waals surface area contributed by atoms with Gasteiger partial charge in [0.25, 0.3) is 0 Å². The zero-order valence-electron chi connectivity index (χ0n) is 10.9. The third kappa shape index (κ3) is 15.5. The highest BCUT2D eigenvalue weighted by atomic mass is 35.5. The second-order valence-corrected chi connectivity index (χ2v) is 4.58. The summed E-state index contributed by atoms with van der Waals surface area (Å²) in [6.45, 7) is 2.04. The van der Waals surface area contributed by atoms with E-state index in [0.29, 0.717) is 6.61 Å². The molecule has 0 fully saturated rings. The highest BCUT2D eigenvalue weighted by Crippen LogP contribution is 2.08. The van der Waals surface area contributed by atoms with Gasteiger partial charge in [0.1, 0.15) is 0 Å². The van der Waals surface area contributed by atoms with Crippen molar-refractivity contribution in [3.63, 3.8) is 0 Å². The van der Waals surface area contributed by atoms with E-state index in [0.717, 1.165) is 25.1 Å². The molecule has 100 valence electrons. The Bertz CT molecular complexity index is 202. The van der Waals surface area contributed by atoms with Gasteiger partial charge >= 0.3 is 5.97 Å². The molecule has 0 atom stereocenters. The van der Waals surface area contributed by atoms with E-state index in [2.05, 4.69) is 12.2 Å². The smallest absolute Gasteiger partial charge is 0.302 e. The molecule has 0 aliphatic rings. The summed E-state index contributed by atoms with van der Waals surface area (Å²) in [6.07, 6.45) is 13.8. The summed E-state index contributed by atoms with van der Waals surface area (Å²) in [5, 5.41) is 0. The molecule has 0 rings (SSSR count). The van der Waals surface area contributed by atoms with Crippen molar-refractivity contribution in [2.75, 3.05) is 12.5 Å². The van der Waals surface area contributed by atoms with E-state index in [1.165, 1.54) is 39.0 Å². The van der Waals surface area contributed by atoms with Crippen molar-refractivity contribution in [3.05, 3.63) is 12.2 Å². The first-order valence-electron chi connectivity index (χ1n) is 6.61.